The van der Waals surface area contributed by atoms with Crippen molar-refractivity contribution in [2.24, 2.45) is 11.8 Å². The molecule has 0 amide bonds. The molecular formula is C18H29F. The zero-order chi connectivity index (χ0) is 14.3. The summed E-state index contributed by atoms with van der Waals surface area (Å²) in [5, 5.41) is 0. The second-order valence-corrected chi connectivity index (χ2v) is 6.43. The Hall–Kier alpha value is -0.850. The van der Waals surface area contributed by atoms with Crippen molar-refractivity contribution in [1.29, 1.82) is 0 Å². The molecule has 0 aliphatic rings. The van der Waals surface area contributed by atoms with E-state index in [1.54, 1.807) is 12.1 Å². The molecule has 0 saturated carbocycles. The summed E-state index contributed by atoms with van der Waals surface area (Å²) < 4.78 is 13.0. The molecule has 0 N–H and O–H groups in total. The minimum Gasteiger partial charge on any atom is -0.207 e. The Bertz CT molecular complexity index is 337. The predicted octanol–water partition coefficient (Wildman–Crippen LogP) is 6.17. The van der Waals surface area contributed by atoms with E-state index >= 15 is 0 Å². The third kappa shape index (κ3) is 6.22. The molecule has 0 fully saturated rings. The van der Waals surface area contributed by atoms with Crippen molar-refractivity contribution >= 4 is 0 Å². The molecule has 108 valence electrons. The van der Waals surface area contributed by atoms with Crippen LogP contribution in [0.2, 0.25) is 0 Å². The van der Waals surface area contributed by atoms with Crippen LogP contribution in [-0.4, -0.2) is 0 Å². The van der Waals surface area contributed by atoms with Gasteiger partial charge < -0.3 is 0 Å². The first-order valence-corrected chi connectivity index (χ1v) is 7.76. The van der Waals surface area contributed by atoms with E-state index in [-0.39, 0.29) is 5.82 Å². The van der Waals surface area contributed by atoms with Crippen molar-refractivity contribution in [3.63, 3.8) is 0 Å². The topological polar surface area (TPSA) is 0 Å². The monoisotopic (exact) mass is 264 g/mol. The van der Waals surface area contributed by atoms with Crippen molar-refractivity contribution < 1.29 is 4.39 Å². The predicted molar refractivity (Wildman–Crippen MR) is 81.9 cm³/mol. The van der Waals surface area contributed by atoms with Crippen molar-refractivity contribution in [3.05, 3.63) is 35.6 Å². The molecule has 1 aromatic carbocycles. The largest absolute Gasteiger partial charge is 0.207 e. The van der Waals surface area contributed by atoms with E-state index in [1.807, 2.05) is 12.1 Å². The van der Waals surface area contributed by atoms with Crippen molar-refractivity contribution in [3.8, 4) is 0 Å². The Morgan fingerprint density at radius 1 is 0.842 bits per heavy atom. The van der Waals surface area contributed by atoms with Crippen LogP contribution in [0.4, 0.5) is 4.39 Å². The summed E-state index contributed by atoms with van der Waals surface area (Å²) in [5.41, 5.74) is 1.29. The van der Waals surface area contributed by atoms with Gasteiger partial charge in [-0.05, 0) is 41.9 Å². The fourth-order valence-electron chi connectivity index (χ4n) is 2.69. The molecule has 1 aromatic rings. The van der Waals surface area contributed by atoms with Gasteiger partial charge in [-0.1, -0.05) is 65.5 Å². The van der Waals surface area contributed by atoms with Gasteiger partial charge in [0.1, 0.15) is 5.82 Å². The second-order valence-electron chi connectivity index (χ2n) is 6.43. The molecule has 0 aliphatic carbocycles. The molecule has 19 heavy (non-hydrogen) atoms. The lowest BCUT2D eigenvalue weighted by Gasteiger charge is -2.21. The van der Waals surface area contributed by atoms with Gasteiger partial charge in [0.05, 0.1) is 0 Å². The summed E-state index contributed by atoms with van der Waals surface area (Å²) in [4.78, 5) is 0. The lowest BCUT2D eigenvalue weighted by atomic mass is 9.84. The van der Waals surface area contributed by atoms with Crippen LogP contribution >= 0.6 is 0 Å². The molecular weight excluding hydrogens is 235 g/mol. The first-order valence-electron chi connectivity index (χ1n) is 7.76. The maximum Gasteiger partial charge on any atom is 0.123 e. The van der Waals surface area contributed by atoms with Gasteiger partial charge in [-0.3, -0.25) is 0 Å². The van der Waals surface area contributed by atoms with Gasteiger partial charge in [-0.25, -0.2) is 4.39 Å². The molecule has 0 heterocycles. The Balaban J connectivity index is 2.43. The number of halogens is 1. The molecule has 1 atom stereocenters. The summed E-state index contributed by atoms with van der Waals surface area (Å²) >= 11 is 0. The number of hydrogen-bond donors (Lipinski definition) is 0. The second kappa shape index (κ2) is 8.35. The minimum absolute atomic E-state index is 0.136. The fourth-order valence-corrected chi connectivity index (χ4v) is 2.69. The van der Waals surface area contributed by atoms with Crippen LogP contribution in [0.3, 0.4) is 0 Å². The number of unbranched alkanes of at least 4 members (excludes halogenated alkanes) is 2. The van der Waals surface area contributed by atoms with E-state index in [4.69, 9.17) is 0 Å². The van der Waals surface area contributed by atoms with Gasteiger partial charge in [0, 0.05) is 0 Å². The Kier molecular flexibility index (Phi) is 7.12. The first-order chi connectivity index (χ1) is 9.00. The molecule has 0 nitrogen and oxygen atoms in total. The normalized spacial score (nSPS) is 13.2. The molecule has 0 radical (unpaired) electrons. The van der Waals surface area contributed by atoms with Crippen LogP contribution in [0.5, 0.6) is 0 Å². The van der Waals surface area contributed by atoms with Crippen LogP contribution in [0.1, 0.15) is 71.3 Å². The molecule has 0 spiro atoms. The minimum atomic E-state index is -0.136. The van der Waals surface area contributed by atoms with Crippen LogP contribution in [0.25, 0.3) is 0 Å². The SMILES string of the molecule is CC(C)CCCCCC(c1ccc(F)cc1)C(C)C. The fraction of sp³-hybridized carbons (Fsp3) is 0.667. The van der Waals surface area contributed by atoms with Crippen molar-refractivity contribution in [2.45, 2.75) is 65.7 Å². The lowest BCUT2D eigenvalue weighted by molar-refractivity contribution is 0.434. The summed E-state index contributed by atoms with van der Waals surface area (Å²) in [6, 6.07) is 7.08. The average molecular weight is 264 g/mol. The van der Waals surface area contributed by atoms with E-state index in [0.717, 1.165) is 5.92 Å². The summed E-state index contributed by atoms with van der Waals surface area (Å²) in [5.74, 6) is 1.87. The van der Waals surface area contributed by atoms with Gasteiger partial charge in [0.25, 0.3) is 0 Å². The van der Waals surface area contributed by atoms with E-state index in [2.05, 4.69) is 27.7 Å². The number of hydrogen-bond acceptors (Lipinski definition) is 0. The average Bonchev–Trinajstić information content (AvgIpc) is 2.34. The van der Waals surface area contributed by atoms with Gasteiger partial charge in [0.15, 0.2) is 0 Å². The molecule has 0 saturated heterocycles. The highest BCUT2D eigenvalue weighted by atomic mass is 19.1. The van der Waals surface area contributed by atoms with Crippen LogP contribution in [-0.2, 0) is 0 Å². The van der Waals surface area contributed by atoms with Gasteiger partial charge in [0.2, 0.25) is 0 Å². The van der Waals surface area contributed by atoms with Gasteiger partial charge >= 0.3 is 0 Å². The molecule has 0 aromatic heterocycles. The first kappa shape index (κ1) is 16.2. The third-order valence-electron chi connectivity index (χ3n) is 3.90. The Morgan fingerprint density at radius 3 is 1.95 bits per heavy atom. The van der Waals surface area contributed by atoms with E-state index in [0.29, 0.717) is 11.8 Å². The highest BCUT2D eigenvalue weighted by Gasteiger charge is 2.15. The molecule has 0 aliphatic heterocycles. The van der Waals surface area contributed by atoms with E-state index in [1.165, 1.54) is 37.7 Å². The van der Waals surface area contributed by atoms with Gasteiger partial charge in [-0.15, -0.1) is 0 Å². The highest BCUT2D eigenvalue weighted by Crippen LogP contribution is 2.30. The van der Waals surface area contributed by atoms with Crippen molar-refractivity contribution in [1.82, 2.24) is 0 Å². The Morgan fingerprint density at radius 2 is 1.42 bits per heavy atom. The highest BCUT2D eigenvalue weighted by molar-refractivity contribution is 5.20. The summed E-state index contributed by atoms with van der Waals surface area (Å²) in [6.07, 6.45) is 6.51. The Labute approximate surface area is 118 Å². The summed E-state index contributed by atoms with van der Waals surface area (Å²) in [7, 11) is 0. The maximum atomic E-state index is 13.0. The van der Waals surface area contributed by atoms with Crippen LogP contribution in [0, 0.1) is 17.7 Å². The van der Waals surface area contributed by atoms with Crippen LogP contribution < -0.4 is 0 Å². The lowest BCUT2D eigenvalue weighted by Crippen LogP contribution is -2.07. The maximum absolute atomic E-state index is 13.0. The quantitative estimate of drug-likeness (QED) is 0.492. The standard InChI is InChI=1S/C18H29F/c1-14(2)8-6-5-7-9-18(15(3)4)16-10-12-17(19)13-11-16/h10-15,18H,5-9H2,1-4H3. The van der Waals surface area contributed by atoms with Crippen LogP contribution in [0.15, 0.2) is 24.3 Å². The molecule has 1 heteroatoms. The zero-order valence-electron chi connectivity index (χ0n) is 13.0. The number of benzene rings is 1. The van der Waals surface area contributed by atoms with E-state index < -0.39 is 0 Å². The molecule has 1 rings (SSSR count). The molecule has 1 unspecified atom stereocenters. The van der Waals surface area contributed by atoms with E-state index in [9.17, 15) is 4.39 Å². The third-order valence-corrected chi connectivity index (χ3v) is 3.90. The smallest absolute Gasteiger partial charge is 0.123 e. The molecule has 0 bridgehead atoms. The summed E-state index contributed by atoms with van der Waals surface area (Å²) in [6.45, 7) is 9.11. The van der Waals surface area contributed by atoms with Gasteiger partial charge in [-0.2, -0.15) is 0 Å². The van der Waals surface area contributed by atoms with Crippen molar-refractivity contribution in [2.75, 3.05) is 0 Å². The zero-order valence-corrected chi connectivity index (χ0v) is 13.0. The number of rotatable bonds is 8.